The Hall–Kier alpha value is -1.72. The van der Waals surface area contributed by atoms with Gasteiger partial charge in [-0.15, -0.1) is 0 Å². The highest BCUT2D eigenvalue weighted by Gasteiger charge is 2.13. The molecule has 0 amide bonds. The molecule has 0 radical (unpaired) electrons. The third-order valence-electron chi connectivity index (χ3n) is 3.10. The zero-order valence-corrected chi connectivity index (χ0v) is 11.1. The van der Waals surface area contributed by atoms with Crippen LogP contribution in [0.1, 0.15) is 17.7 Å². The van der Waals surface area contributed by atoms with Crippen LogP contribution in [0.3, 0.4) is 0 Å². The van der Waals surface area contributed by atoms with Crippen LogP contribution in [-0.2, 0) is 20.7 Å². The van der Waals surface area contributed by atoms with Gasteiger partial charge in [0.25, 0.3) is 0 Å². The molecule has 2 heterocycles. The molecule has 1 N–H and O–H groups in total. The van der Waals surface area contributed by atoms with Crippen LogP contribution in [0.4, 0.5) is 5.69 Å². The van der Waals surface area contributed by atoms with Gasteiger partial charge in [0.1, 0.15) is 12.3 Å². The lowest BCUT2D eigenvalue weighted by molar-refractivity contribution is -0.107. The second-order valence-electron chi connectivity index (χ2n) is 4.38. The SMILES string of the molecule is COC(CCc1cnc2c(c1)NC(C=O)C=C2)OC. The summed E-state index contributed by atoms with van der Waals surface area (Å²) < 4.78 is 10.3. The smallest absolute Gasteiger partial charge is 0.157 e. The van der Waals surface area contributed by atoms with E-state index in [1.165, 1.54) is 0 Å². The fraction of sp³-hybridized carbons (Fsp3) is 0.429. The van der Waals surface area contributed by atoms with Gasteiger partial charge in [-0.3, -0.25) is 4.98 Å². The summed E-state index contributed by atoms with van der Waals surface area (Å²) in [5.74, 6) is 0. The molecule has 0 bridgehead atoms. The molecular weight excluding hydrogens is 244 g/mol. The van der Waals surface area contributed by atoms with Crippen molar-refractivity contribution in [3.05, 3.63) is 29.6 Å². The molecule has 1 aliphatic heterocycles. The molecule has 1 aromatic rings. The normalized spacial score (nSPS) is 17.1. The molecule has 19 heavy (non-hydrogen) atoms. The summed E-state index contributed by atoms with van der Waals surface area (Å²) in [4.78, 5) is 15.2. The Morgan fingerprint density at radius 3 is 2.95 bits per heavy atom. The molecule has 0 saturated carbocycles. The van der Waals surface area contributed by atoms with Gasteiger partial charge in [0.05, 0.1) is 11.4 Å². The number of nitrogens with one attached hydrogen (secondary N) is 1. The highest BCUT2D eigenvalue weighted by molar-refractivity contribution is 5.77. The summed E-state index contributed by atoms with van der Waals surface area (Å²) >= 11 is 0. The van der Waals surface area contributed by atoms with E-state index in [1.807, 2.05) is 18.3 Å². The number of hydrogen-bond acceptors (Lipinski definition) is 5. The number of aryl methyl sites for hydroxylation is 1. The lowest BCUT2D eigenvalue weighted by Crippen LogP contribution is -2.22. The number of hydrogen-bond donors (Lipinski definition) is 1. The Bertz CT molecular complexity index is 470. The number of ether oxygens (including phenoxy) is 2. The third kappa shape index (κ3) is 3.39. The van der Waals surface area contributed by atoms with Gasteiger partial charge >= 0.3 is 0 Å². The summed E-state index contributed by atoms with van der Waals surface area (Å²) in [5, 5.41) is 3.12. The molecule has 0 aromatic carbocycles. The zero-order chi connectivity index (χ0) is 13.7. The van der Waals surface area contributed by atoms with Gasteiger partial charge < -0.3 is 19.6 Å². The molecule has 1 atom stereocenters. The quantitative estimate of drug-likeness (QED) is 0.624. The van der Waals surface area contributed by atoms with Crippen molar-refractivity contribution >= 4 is 18.0 Å². The average molecular weight is 262 g/mol. The van der Waals surface area contributed by atoms with Crippen LogP contribution in [-0.4, -0.2) is 37.8 Å². The Kier molecular flexibility index (Phi) is 4.65. The minimum Gasteiger partial charge on any atom is -0.371 e. The van der Waals surface area contributed by atoms with E-state index < -0.39 is 0 Å². The minimum absolute atomic E-state index is 0.202. The van der Waals surface area contributed by atoms with Gasteiger partial charge in [-0.25, -0.2) is 0 Å². The number of aromatic nitrogens is 1. The van der Waals surface area contributed by atoms with E-state index in [9.17, 15) is 4.79 Å². The number of fused-ring (bicyclic) bond motifs is 1. The predicted molar refractivity (Wildman–Crippen MR) is 72.9 cm³/mol. The Morgan fingerprint density at radius 1 is 1.47 bits per heavy atom. The second kappa shape index (κ2) is 6.45. The number of aldehydes is 1. The number of rotatable bonds is 6. The van der Waals surface area contributed by atoms with E-state index in [2.05, 4.69) is 10.3 Å². The first-order valence-electron chi connectivity index (χ1n) is 6.21. The van der Waals surface area contributed by atoms with Gasteiger partial charge in [0, 0.05) is 26.8 Å². The van der Waals surface area contributed by atoms with Gasteiger partial charge in [-0.2, -0.15) is 0 Å². The first-order chi connectivity index (χ1) is 9.26. The Labute approximate surface area is 112 Å². The van der Waals surface area contributed by atoms with Crippen molar-refractivity contribution in [2.24, 2.45) is 0 Å². The van der Waals surface area contributed by atoms with Crippen LogP contribution in [0.5, 0.6) is 0 Å². The minimum atomic E-state index is -0.268. The van der Waals surface area contributed by atoms with Crippen molar-refractivity contribution < 1.29 is 14.3 Å². The predicted octanol–water partition coefficient (Wildman–Crippen LogP) is 1.64. The fourth-order valence-corrected chi connectivity index (χ4v) is 2.02. The topological polar surface area (TPSA) is 60.5 Å². The van der Waals surface area contributed by atoms with Crippen LogP contribution in [0, 0.1) is 0 Å². The second-order valence-corrected chi connectivity index (χ2v) is 4.38. The number of carbonyl (C=O) groups excluding carboxylic acids is 1. The summed E-state index contributed by atoms with van der Waals surface area (Å²) in [6, 6.07) is 1.75. The molecule has 2 rings (SSSR count). The maximum absolute atomic E-state index is 10.8. The van der Waals surface area contributed by atoms with E-state index in [-0.39, 0.29) is 12.3 Å². The standard InChI is InChI=1S/C14H18N2O3/c1-18-14(19-2)6-3-10-7-13-12(15-8-10)5-4-11(9-17)16-13/h4-5,7-9,11,14,16H,3,6H2,1-2H3. The molecule has 102 valence electrons. The number of nitrogens with zero attached hydrogens (tertiary/aromatic N) is 1. The fourth-order valence-electron chi connectivity index (χ4n) is 2.02. The number of methoxy groups -OCH3 is 2. The number of pyridine rings is 1. The molecule has 1 unspecified atom stereocenters. The van der Waals surface area contributed by atoms with Crippen LogP contribution < -0.4 is 5.32 Å². The van der Waals surface area contributed by atoms with Gasteiger partial charge in [-0.05, 0) is 24.1 Å². The van der Waals surface area contributed by atoms with Crippen molar-refractivity contribution in [3.63, 3.8) is 0 Å². The summed E-state index contributed by atoms with van der Waals surface area (Å²) in [6.07, 6.45) is 7.75. The molecule has 5 nitrogen and oxygen atoms in total. The van der Waals surface area contributed by atoms with E-state index >= 15 is 0 Å². The number of anilines is 1. The molecule has 0 aliphatic carbocycles. The van der Waals surface area contributed by atoms with Crippen molar-refractivity contribution in [1.82, 2.24) is 4.98 Å². The van der Waals surface area contributed by atoms with Gasteiger partial charge in [0.15, 0.2) is 6.29 Å². The van der Waals surface area contributed by atoms with Crippen molar-refractivity contribution in [3.8, 4) is 0 Å². The largest absolute Gasteiger partial charge is 0.371 e. The Balaban J connectivity index is 2.05. The highest BCUT2D eigenvalue weighted by Crippen LogP contribution is 2.22. The zero-order valence-electron chi connectivity index (χ0n) is 11.1. The Morgan fingerprint density at radius 2 is 2.26 bits per heavy atom. The van der Waals surface area contributed by atoms with E-state index in [0.29, 0.717) is 0 Å². The molecule has 1 aliphatic rings. The van der Waals surface area contributed by atoms with E-state index in [0.717, 1.165) is 36.1 Å². The maximum atomic E-state index is 10.8. The van der Waals surface area contributed by atoms with Gasteiger partial charge in [0.2, 0.25) is 0 Å². The lowest BCUT2D eigenvalue weighted by Gasteiger charge is -2.18. The summed E-state index contributed by atoms with van der Waals surface area (Å²) in [6.45, 7) is 0. The average Bonchev–Trinajstić information content (AvgIpc) is 2.47. The molecule has 1 aromatic heterocycles. The van der Waals surface area contributed by atoms with Crippen LogP contribution in [0.15, 0.2) is 18.3 Å². The van der Waals surface area contributed by atoms with Gasteiger partial charge in [-0.1, -0.05) is 6.08 Å². The molecular formula is C14H18N2O3. The van der Waals surface area contributed by atoms with Crippen molar-refractivity contribution in [1.29, 1.82) is 0 Å². The molecule has 5 heteroatoms. The van der Waals surface area contributed by atoms with Crippen LogP contribution >= 0.6 is 0 Å². The first-order valence-corrected chi connectivity index (χ1v) is 6.21. The first kappa shape index (κ1) is 13.7. The van der Waals surface area contributed by atoms with Crippen molar-refractivity contribution in [2.75, 3.05) is 19.5 Å². The summed E-state index contributed by atoms with van der Waals surface area (Å²) in [7, 11) is 3.25. The highest BCUT2D eigenvalue weighted by atomic mass is 16.7. The van der Waals surface area contributed by atoms with E-state index in [4.69, 9.17) is 9.47 Å². The molecule has 0 spiro atoms. The van der Waals surface area contributed by atoms with Crippen molar-refractivity contribution in [2.45, 2.75) is 25.2 Å². The maximum Gasteiger partial charge on any atom is 0.157 e. The monoisotopic (exact) mass is 262 g/mol. The third-order valence-corrected chi connectivity index (χ3v) is 3.10. The van der Waals surface area contributed by atoms with Crippen LogP contribution in [0.2, 0.25) is 0 Å². The molecule has 0 fully saturated rings. The molecule has 0 saturated heterocycles. The number of carbonyl (C=O) groups is 1. The van der Waals surface area contributed by atoms with E-state index in [1.54, 1.807) is 20.3 Å². The summed E-state index contributed by atoms with van der Waals surface area (Å²) in [5.41, 5.74) is 2.84. The lowest BCUT2D eigenvalue weighted by atomic mass is 10.1. The van der Waals surface area contributed by atoms with Crippen LogP contribution in [0.25, 0.3) is 6.08 Å².